The third-order valence-corrected chi connectivity index (χ3v) is 3.86. The lowest BCUT2D eigenvalue weighted by Gasteiger charge is -2.43. The van der Waals surface area contributed by atoms with Crippen molar-refractivity contribution in [3.8, 4) is 0 Å². The van der Waals surface area contributed by atoms with Gasteiger partial charge in [-0.25, -0.2) is 0 Å². The van der Waals surface area contributed by atoms with Crippen molar-refractivity contribution in [2.45, 2.75) is 70.2 Å². The Labute approximate surface area is 135 Å². The predicted octanol–water partition coefficient (Wildman–Crippen LogP) is 0.366. The lowest BCUT2D eigenvalue weighted by atomic mass is 10.1. The van der Waals surface area contributed by atoms with Gasteiger partial charge < -0.3 is 38.3 Å². The molecule has 3 aliphatic heterocycles. The highest BCUT2D eigenvalue weighted by molar-refractivity contribution is 4.98. The molecule has 0 bridgehead atoms. The summed E-state index contributed by atoms with van der Waals surface area (Å²) in [6, 6.07) is 0. The van der Waals surface area contributed by atoms with Crippen LogP contribution in [0.3, 0.4) is 0 Å². The van der Waals surface area contributed by atoms with Crippen LogP contribution in [0.25, 0.3) is 0 Å². The minimum Gasteiger partial charge on any atom is -0.394 e. The second-order valence-corrected chi connectivity index (χ2v) is 6.74. The summed E-state index contributed by atoms with van der Waals surface area (Å²) in [5.74, 6) is -1.51. The second kappa shape index (κ2) is 6.53. The van der Waals surface area contributed by atoms with Gasteiger partial charge in [0.15, 0.2) is 24.2 Å². The SMILES string of the molecule is CC1(C)OC2OC3C(OCCOCCO)OC(C)(C)OC3C2O1. The van der Waals surface area contributed by atoms with E-state index in [1.54, 1.807) is 0 Å². The minimum atomic E-state index is -0.813. The number of fused-ring (bicyclic) bond motifs is 3. The summed E-state index contributed by atoms with van der Waals surface area (Å²) < 4.78 is 40.3. The molecule has 3 rings (SSSR count). The summed E-state index contributed by atoms with van der Waals surface area (Å²) in [4.78, 5) is 0. The van der Waals surface area contributed by atoms with Crippen LogP contribution in [0, 0.1) is 0 Å². The van der Waals surface area contributed by atoms with Crippen LogP contribution in [0.5, 0.6) is 0 Å². The zero-order valence-corrected chi connectivity index (χ0v) is 14.0. The fourth-order valence-corrected chi connectivity index (χ4v) is 3.08. The molecule has 0 amide bonds. The van der Waals surface area contributed by atoms with Gasteiger partial charge in [-0.1, -0.05) is 0 Å². The van der Waals surface area contributed by atoms with Crippen molar-refractivity contribution in [2.24, 2.45) is 0 Å². The average molecular weight is 334 g/mol. The molecule has 0 aromatic carbocycles. The monoisotopic (exact) mass is 334 g/mol. The van der Waals surface area contributed by atoms with Gasteiger partial charge in [0, 0.05) is 0 Å². The topological polar surface area (TPSA) is 84.8 Å². The van der Waals surface area contributed by atoms with Gasteiger partial charge in [0.25, 0.3) is 0 Å². The van der Waals surface area contributed by atoms with Crippen molar-refractivity contribution in [3.63, 3.8) is 0 Å². The highest BCUT2D eigenvalue weighted by Gasteiger charge is 2.61. The van der Waals surface area contributed by atoms with E-state index in [4.69, 9.17) is 38.3 Å². The first-order valence-electron chi connectivity index (χ1n) is 7.98. The first-order valence-corrected chi connectivity index (χ1v) is 7.98. The van der Waals surface area contributed by atoms with Gasteiger partial charge in [-0.2, -0.15) is 0 Å². The van der Waals surface area contributed by atoms with E-state index < -0.39 is 30.3 Å². The molecule has 0 radical (unpaired) electrons. The molecule has 3 aliphatic rings. The Morgan fingerprint density at radius 2 is 1.52 bits per heavy atom. The van der Waals surface area contributed by atoms with E-state index >= 15 is 0 Å². The third kappa shape index (κ3) is 3.85. The lowest BCUT2D eigenvalue weighted by molar-refractivity contribution is -0.389. The number of rotatable bonds is 6. The molecule has 3 fully saturated rings. The van der Waals surface area contributed by atoms with Crippen LogP contribution in [0.4, 0.5) is 0 Å². The summed E-state index contributed by atoms with van der Waals surface area (Å²) >= 11 is 0. The Bertz CT molecular complexity index is 412. The molecule has 0 aliphatic carbocycles. The normalized spacial score (nSPS) is 40.8. The molecule has 23 heavy (non-hydrogen) atoms. The molecular formula is C15H26O8. The summed E-state index contributed by atoms with van der Waals surface area (Å²) in [5, 5.41) is 8.69. The molecule has 3 saturated heterocycles. The van der Waals surface area contributed by atoms with E-state index in [9.17, 15) is 0 Å². The summed E-state index contributed by atoms with van der Waals surface area (Å²) in [6.45, 7) is 8.32. The zero-order chi connectivity index (χ0) is 16.7. The lowest BCUT2D eigenvalue weighted by Crippen LogP contribution is -2.56. The molecule has 8 heteroatoms. The summed E-state index contributed by atoms with van der Waals surface area (Å²) in [5.41, 5.74) is 0. The van der Waals surface area contributed by atoms with Crippen LogP contribution in [0.2, 0.25) is 0 Å². The molecule has 3 heterocycles. The maximum Gasteiger partial charge on any atom is 0.190 e. The molecule has 5 unspecified atom stereocenters. The van der Waals surface area contributed by atoms with Crippen molar-refractivity contribution in [3.05, 3.63) is 0 Å². The fourth-order valence-electron chi connectivity index (χ4n) is 3.08. The van der Waals surface area contributed by atoms with Gasteiger partial charge in [0.2, 0.25) is 0 Å². The number of hydrogen-bond donors (Lipinski definition) is 1. The minimum absolute atomic E-state index is 0.0115. The molecule has 0 aromatic rings. The molecule has 0 aromatic heterocycles. The second-order valence-electron chi connectivity index (χ2n) is 6.74. The van der Waals surface area contributed by atoms with Crippen LogP contribution < -0.4 is 0 Å². The first kappa shape index (κ1) is 17.5. The maximum atomic E-state index is 8.69. The molecular weight excluding hydrogens is 308 g/mol. The summed E-state index contributed by atoms with van der Waals surface area (Å²) in [6.07, 6.45) is -2.15. The van der Waals surface area contributed by atoms with Crippen molar-refractivity contribution >= 4 is 0 Å². The Morgan fingerprint density at radius 3 is 2.26 bits per heavy atom. The van der Waals surface area contributed by atoms with Gasteiger partial charge in [-0.15, -0.1) is 0 Å². The molecule has 134 valence electrons. The number of aliphatic hydroxyl groups is 1. The molecule has 0 spiro atoms. The van der Waals surface area contributed by atoms with Crippen molar-refractivity contribution in [2.75, 3.05) is 26.4 Å². The van der Waals surface area contributed by atoms with Crippen LogP contribution in [-0.2, 0) is 33.2 Å². The maximum absolute atomic E-state index is 8.69. The van der Waals surface area contributed by atoms with Gasteiger partial charge in [0.05, 0.1) is 26.4 Å². The highest BCUT2D eigenvalue weighted by atomic mass is 16.9. The van der Waals surface area contributed by atoms with E-state index in [1.165, 1.54) is 0 Å². The van der Waals surface area contributed by atoms with Gasteiger partial charge >= 0.3 is 0 Å². The molecule has 5 atom stereocenters. The van der Waals surface area contributed by atoms with Gasteiger partial charge in [-0.05, 0) is 27.7 Å². The van der Waals surface area contributed by atoms with Gasteiger partial charge in [0.1, 0.15) is 18.3 Å². The van der Waals surface area contributed by atoms with Crippen LogP contribution >= 0.6 is 0 Å². The number of hydrogen-bond acceptors (Lipinski definition) is 8. The van der Waals surface area contributed by atoms with Crippen LogP contribution in [-0.4, -0.2) is 74.0 Å². The predicted molar refractivity (Wildman–Crippen MR) is 76.4 cm³/mol. The van der Waals surface area contributed by atoms with E-state index in [0.717, 1.165) is 0 Å². The Balaban J connectivity index is 1.61. The first-order chi connectivity index (χ1) is 10.8. The highest BCUT2D eigenvalue weighted by Crippen LogP contribution is 2.44. The Morgan fingerprint density at radius 1 is 0.826 bits per heavy atom. The van der Waals surface area contributed by atoms with E-state index in [-0.39, 0.29) is 25.4 Å². The standard InChI is InChI=1S/C15H26O8/c1-14(2)20-9-10(12(22-14)18-8-7-17-6-5-16)19-13-11(9)21-15(3,4)23-13/h9-13,16H,5-8H2,1-4H3. The smallest absolute Gasteiger partial charge is 0.190 e. The van der Waals surface area contributed by atoms with Crippen LogP contribution in [0.15, 0.2) is 0 Å². The quantitative estimate of drug-likeness (QED) is 0.697. The Kier molecular flexibility index (Phi) is 4.97. The Hall–Kier alpha value is -0.320. The third-order valence-electron chi connectivity index (χ3n) is 3.86. The van der Waals surface area contributed by atoms with Crippen molar-refractivity contribution in [1.82, 2.24) is 0 Å². The largest absolute Gasteiger partial charge is 0.394 e. The zero-order valence-electron chi connectivity index (χ0n) is 14.0. The number of ether oxygens (including phenoxy) is 7. The van der Waals surface area contributed by atoms with E-state index in [2.05, 4.69) is 0 Å². The van der Waals surface area contributed by atoms with Crippen LogP contribution in [0.1, 0.15) is 27.7 Å². The molecule has 8 nitrogen and oxygen atoms in total. The average Bonchev–Trinajstić information content (AvgIpc) is 2.90. The van der Waals surface area contributed by atoms with Gasteiger partial charge in [-0.3, -0.25) is 0 Å². The number of aliphatic hydroxyl groups excluding tert-OH is 1. The molecule has 1 N–H and O–H groups in total. The van der Waals surface area contributed by atoms with E-state index in [0.29, 0.717) is 13.2 Å². The van der Waals surface area contributed by atoms with Crippen molar-refractivity contribution in [1.29, 1.82) is 0 Å². The molecule has 0 saturated carbocycles. The fraction of sp³-hybridized carbons (Fsp3) is 1.00. The van der Waals surface area contributed by atoms with E-state index in [1.807, 2.05) is 27.7 Å². The van der Waals surface area contributed by atoms with Crippen molar-refractivity contribution < 1.29 is 38.3 Å². The summed E-state index contributed by atoms with van der Waals surface area (Å²) in [7, 11) is 0.